The van der Waals surface area contributed by atoms with Gasteiger partial charge in [0.2, 0.25) is 5.91 Å². The van der Waals surface area contributed by atoms with Gasteiger partial charge in [-0.3, -0.25) is 4.79 Å². The van der Waals surface area contributed by atoms with Crippen molar-refractivity contribution in [2.24, 2.45) is 0 Å². The van der Waals surface area contributed by atoms with Crippen LogP contribution in [0.5, 0.6) is 0 Å². The number of nitrogens with one attached hydrogen (secondary N) is 2. The molecule has 0 bridgehead atoms. The predicted octanol–water partition coefficient (Wildman–Crippen LogP) is 6.39. The van der Waals surface area contributed by atoms with Crippen LogP contribution >= 0.6 is 46.6 Å². The molecule has 0 saturated carbocycles. The SMILES string of the molecule is Cc1[nH]c(SC(C)C(=O)Nc2c(Cl)cc(Cl)cc2Cl)nc1Cc1ccccc1. The summed E-state index contributed by atoms with van der Waals surface area (Å²) in [6.45, 7) is 3.78. The van der Waals surface area contributed by atoms with Gasteiger partial charge in [0.25, 0.3) is 0 Å². The Hall–Kier alpha value is -1.66. The number of hydrogen-bond acceptors (Lipinski definition) is 3. The molecule has 1 atom stereocenters. The summed E-state index contributed by atoms with van der Waals surface area (Å²) in [5, 5.41) is 4.05. The third kappa shape index (κ3) is 5.23. The number of amides is 1. The third-order valence-electron chi connectivity index (χ3n) is 4.09. The van der Waals surface area contributed by atoms with E-state index >= 15 is 0 Å². The zero-order valence-electron chi connectivity index (χ0n) is 15.2. The number of H-pyrrole nitrogens is 1. The average Bonchev–Trinajstić information content (AvgIpc) is 2.97. The van der Waals surface area contributed by atoms with E-state index in [0.717, 1.165) is 17.8 Å². The molecule has 146 valence electrons. The van der Waals surface area contributed by atoms with E-state index in [-0.39, 0.29) is 5.91 Å². The lowest BCUT2D eigenvalue weighted by molar-refractivity contribution is -0.115. The van der Waals surface area contributed by atoms with E-state index in [1.54, 1.807) is 6.92 Å². The van der Waals surface area contributed by atoms with Gasteiger partial charge in [-0.05, 0) is 31.5 Å². The van der Waals surface area contributed by atoms with Crippen molar-refractivity contribution >= 4 is 58.2 Å². The number of hydrogen-bond donors (Lipinski definition) is 2. The van der Waals surface area contributed by atoms with Gasteiger partial charge in [0.05, 0.1) is 26.7 Å². The summed E-state index contributed by atoms with van der Waals surface area (Å²) in [6.07, 6.45) is 0.736. The number of thioether (sulfide) groups is 1. The molecule has 0 aliphatic rings. The van der Waals surface area contributed by atoms with Gasteiger partial charge in [0.1, 0.15) is 0 Å². The first-order chi connectivity index (χ1) is 13.3. The number of nitrogens with zero attached hydrogens (tertiary/aromatic N) is 1. The van der Waals surface area contributed by atoms with Crippen LogP contribution in [0.15, 0.2) is 47.6 Å². The number of halogens is 3. The Bertz CT molecular complexity index is 969. The van der Waals surface area contributed by atoms with E-state index in [4.69, 9.17) is 34.8 Å². The number of aromatic nitrogens is 2. The van der Waals surface area contributed by atoms with Gasteiger partial charge in [-0.25, -0.2) is 4.98 Å². The summed E-state index contributed by atoms with van der Waals surface area (Å²) in [5.41, 5.74) is 3.49. The molecule has 1 heterocycles. The Balaban J connectivity index is 1.67. The molecule has 8 heteroatoms. The molecular formula is C20H18Cl3N3OS. The number of imidazole rings is 1. The number of aromatic amines is 1. The highest BCUT2D eigenvalue weighted by Gasteiger charge is 2.20. The molecule has 4 nitrogen and oxygen atoms in total. The molecule has 0 aliphatic carbocycles. The fourth-order valence-electron chi connectivity index (χ4n) is 2.59. The quantitative estimate of drug-likeness (QED) is 0.424. The fraction of sp³-hybridized carbons (Fsp3) is 0.200. The highest BCUT2D eigenvalue weighted by atomic mass is 35.5. The standard InChI is InChI=1S/C20H18Cl3N3OS/c1-11-17(8-13-6-4-3-5-7-13)25-20(24-11)28-12(2)19(27)26-18-15(22)9-14(21)10-16(18)23/h3-7,9-10,12H,8H2,1-2H3,(H,24,25)(H,26,27). The van der Waals surface area contributed by atoms with Crippen LogP contribution in [0.3, 0.4) is 0 Å². The van der Waals surface area contributed by atoms with Crippen LogP contribution < -0.4 is 5.32 Å². The maximum atomic E-state index is 12.6. The number of carbonyl (C=O) groups is 1. The van der Waals surface area contributed by atoms with Crippen LogP contribution in [0.25, 0.3) is 0 Å². The van der Waals surface area contributed by atoms with Gasteiger partial charge in [0, 0.05) is 17.1 Å². The molecule has 3 aromatic rings. The van der Waals surface area contributed by atoms with Gasteiger partial charge >= 0.3 is 0 Å². The zero-order chi connectivity index (χ0) is 20.3. The van der Waals surface area contributed by atoms with Gasteiger partial charge in [-0.1, -0.05) is 76.9 Å². The number of aryl methyl sites for hydroxylation is 1. The average molecular weight is 455 g/mol. The molecule has 3 rings (SSSR count). The van der Waals surface area contributed by atoms with Crippen LogP contribution in [0.2, 0.25) is 15.1 Å². The summed E-state index contributed by atoms with van der Waals surface area (Å²) in [4.78, 5) is 20.5. The van der Waals surface area contributed by atoms with Crippen molar-refractivity contribution in [1.82, 2.24) is 9.97 Å². The monoisotopic (exact) mass is 453 g/mol. The first kappa shape index (κ1) is 21.1. The highest BCUT2D eigenvalue weighted by molar-refractivity contribution is 8.00. The predicted molar refractivity (Wildman–Crippen MR) is 118 cm³/mol. The van der Waals surface area contributed by atoms with Crippen molar-refractivity contribution < 1.29 is 4.79 Å². The third-order valence-corrected chi connectivity index (χ3v) is 5.89. The van der Waals surface area contributed by atoms with E-state index in [1.807, 2.05) is 25.1 Å². The number of benzene rings is 2. The first-order valence-corrected chi connectivity index (χ1v) is 10.6. The molecule has 1 aromatic heterocycles. The Morgan fingerprint density at radius 3 is 2.46 bits per heavy atom. The Kier molecular flexibility index (Phi) is 6.94. The van der Waals surface area contributed by atoms with Crippen LogP contribution in [-0.4, -0.2) is 21.1 Å². The van der Waals surface area contributed by atoms with Crippen LogP contribution in [0.1, 0.15) is 23.9 Å². The summed E-state index contributed by atoms with van der Waals surface area (Å²) in [5.74, 6) is -0.227. The summed E-state index contributed by atoms with van der Waals surface area (Å²) in [7, 11) is 0. The normalized spacial score (nSPS) is 12.0. The number of rotatable bonds is 6. The van der Waals surface area contributed by atoms with Crippen molar-refractivity contribution in [2.45, 2.75) is 30.7 Å². The van der Waals surface area contributed by atoms with Crippen molar-refractivity contribution in [3.05, 3.63) is 74.5 Å². The molecule has 28 heavy (non-hydrogen) atoms. The molecule has 2 N–H and O–H groups in total. The van der Waals surface area contributed by atoms with Crippen LogP contribution in [0, 0.1) is 6.92 Å². The second kappa shape index (κ2) is 9.23. The Morgan fingerprint density at radius 1 is 1.18 bits per heavy atom. The molecule has 1 amide bonds. The minimum absolute atomic E-state index is 0.227. The Morgan fingerprint density at radius 2 is 1.82 bits per heavy atom. The minimum atomic E-state index is -0.405. The maximum Gasteiger partial charge on any atom is 0.237 e. The van der Waals surface area contributed by atoms with Gasteiger partial charge < -0.3 is 10.3 Å². The van der Waals surface area contributed by atoms with Crippen molar-refractivity contribution in [1.29, 1.82) is 0 Å². The summed E-state index contributed by atoms with van der Waals surface area (Å²) < 4.78 is 0. The largest absolute Gasteiger partial charge is 0.337 e. The van der Waals surface area contributed by atoms with Crippen LogP contribution in [-0.2, 0) is 11.2 Å². The zero-order valence-corrected chi connectivity index (χ0v) is 18.3. The molecular weight excluding hydrogens is 437 g/mol. The molecule has 0 fully saturated rings. The van der Waals surface area contributed by atoms with Gasteiger partial charge in [-0.2, -0.15) is 0 Å². The fourth-order valence-corrected chi connectivity index (χ4v) is 4.38. The number of anilines is 1. The van der Waals surface area contributed by atoms with Gasteiger partial charge in [-0.15, -0.1) is 0 Å². The molecule has 0 spiro atoms. The van der Waals surface area contributed by atoms with E-state index < -0.39 is 5.25 Å². The topological polar surface area (TPSA) is 57.8 Å². The highest BCUT2D eigenvalue weighted by Crippen LogP contribution is 2.34. The lowest BCUT2D eigenvalue weighted by atomic mass is 10.1. The van der Waals surface area contributed by atoms with Crippen molar-refractivity contribution in [3.63, 3.8) is 0 Å². The summed E-state index contributed by atoms with van der Waals surface area (Å²) >= 11 is 19.5. The smallest absolute Gasteiger partial charge is 0.237 e. The lowest BCUT2D eigenvalue weighted by Crippen LogP contribution is -2.23. The number of carbonyl (C=O) groups excluding carboxylic acids is 1. The van der Waals surface area contributed by atoms with E-state index in [9.17, 15) is 4.79 Å². The first-order valence-electron chi connectivity index (χ1n) is 8.55. The second-order valence-corrected chi connectivity index (χ2v) is 8.85. The molecule has 0 saturated heterocycles. The van der Waals surface area contributed by atoms with Gasteiger partial charge in [0.15, 0.2) is 5.16 Å². The van der Waals surface area contributed by atoms with E-state index in [0.29, 0.717) is 25.9 Å². The summed E-state index contributed by atoms with van der Waals surface area (Å²) in [6, 6.07) is 13.2. The van der Waals surface area contributed by atoms with Crippen LogP contribution in [0.4, 0.5) is 5.69 Å². The minimum Gasteiger partial charge on any atom is -0.337 e. The second-order valence-electron chi connectivity index (χ2n) is 6.27. The van der Waals surface area contributed by atoms with E-state index in [1.165, 1.54) is 29.5 Å². The lowest BCUT2D eigenvalue weighted by Gasteiger charge is -2.13. The Labute approximate surface area is 183 Å². The van der Waals surface area contributed by atoms with E-state index in [2.05, 4.69) is 27.4 Å². The molecule has 1 unspecified atom stereocenters. The molecule has 0 radical (unpaired) electrons. The molecule has 0 aliphatic heterocycles. The maximum absolute atomic E-state index is 12.6. The van der Waals surface area contributed by atoms with Crippen molar-refractivity contribution in [2.75, 3.05) is 5.32 Å². The molecule has 2 aromatic carbocycles. The van der Waals surface area contributed by atoms with Crippen molar-refractivity contribution in [3.8, 4) is 0 Å².